The molecule has 2 N–H and O–H groups in total. The van der Waals surface area contributed by atoms with Gasteiger partial charge >= 0.3 is 0 Å². The molecule has 2 aromatic rings. The van der Waals surface area contributed by atoms with E-state index in [2.05, 4.69) is 34.6 Å². The summed E-state index contributed by atoms with van der Waals surface area (Å²) in [6, 6.07) is 8.66. The molecule has 134 valence electrons. The Hall–Kier alpha value is -2.37. The molecule has 6 nitrogen and oxygen atoms in total. The van der Waals surface area contributed by atoms with Gasteiger partial charge in [-0.2, -0.15) is 5.10 Å². The third kappa shape index (κ3) is 4.38. The number of hydrogen-bond acceptors (Lipinski definition) is 4. The predicted octanol–water partition coefficient (Wildman–Crippen LogP) is 3.32. The zero-order valence-corrected chi connectivity index (χ0v) is 15.2. The first-order valence-corrected chi connectivity index (χ1v) is 9.07. The van der Waals surface area contributed by atoms with Crippen molar-refractivity contribution in [3.63, 3.8) is 0 Å². The number of carbonyl (C=O) groups is 1. The zero-order valence-electron chi connectivity index (χ0n) is 15.2. The van der Waals surface area contributed by atoms with Gasteiger partial charge in [0.25, 0.3) is 5.91 Å². The number of nitrogens with zero attached hydrogens (tertiary/aromatic N) is 3. The number of rotatable bonds is 5. The Bertz CT molecular complexity index is 702. The Morgan fingerprint density at radius 1 is 1.20 bits per heavy atom. The average Bonchev–Trinajstić information content (AvgIpc) is 3.00. The Kier molecular flexibility index (Phi) is 5.36. The molecule has 2 heterocycles. The van der Waals surface area contributed by atoms with Crippen LogP contribution in [0.5, 0.6) is 0 Å². The van der Waals surface area contributed by atoms with Crippen LogP contribution >= 0.6 is 0 Å². The highest BCUT2D eigenvalue weighted by atomic mass is 16.2. The van der Waals surface area contributed by atoms with Gasteiger partial charge in [0.05, 0.1) is 0 Å². The van der Waals surface area contributed by atoms with Gasteiger partial charge < -0.3 is 10.6 Å². The molecule has 25 heavy (non-hydrogen) atoms. The molecule has 6 heteroatoms. The SMILES string of the molecule is Cc1cc(C(=O)NC2CCC(Nc3ccccn3)CC2)nn1C(C)C. The topological polar surface area (TPSA) is 71.8 Å². The minimum absolute atomic E-state index is 0.0661. The predicted molar refractivity (Wildman–Crippen MR) is 98.7 cm³/mol. The number of anilines is 1. The van der Waals surface area contributed by atoms with E-state index in [1.807, 2.05) is 35.9 Å². The first-order valence-electron chi connectivity index (χ1n) is 9.07. The number of nitrogens with one attached hydrogen (secondary N) is 2. The summed E-state index contributed by atoms with van der Waals surface area (Å²) in [6.45, 7) is 6.12. The first-order chi connectivity index (χ1) is 12.0. The Balaban J connectivity index is 1.50. The molecular formula is C19H27N5O. The second kappa shape index (κ2) is 7.68. The normalized spacial score (nSPS) is 20.5. The monoisotopic (exact) mass is 341 g/mol. The lowest BCUT2D eigenvalue weighted by Gasteiger charge is -2.29. The Morgan fingerprint density at radius 2 is 1.92 bits per heavy atom. The van der Waals surface area contributed by atoms with E-state index in [-0.39, 0.29) is 18.0 Å². The summed E-state index contributed by atoms with van der Waals surface area (Å²) < 4.78 is 1.89. The number of amides is 1. The Labute approximate surface area is 149 Å². The minimum atomic E-state index is -0.0661. The zero-order chi connectivity index (χ0) is 17.8. The van der Waals surface area contributed by atoms with Crippen LogP contribution in [0.25, 0.3) is 0 Å². The largest absolute Gasteiger partial charge is 0.367 e. The molecule has 0 radical (unpaired) electrons. The van der Waals surface area contributed by atoms with E-state index in [1.165, 1.54) is 0 Å². The second-order valence-electron chi connectivity index (χ2n) is 7.09. The van der Waals surface area contributed by atoms with E-state index < -0.39 is 0 Å². The van der Waals surface area contributed by atoms with Gasteiger partial charge in [0.2, 0.25) is 0 Å². The highest BCUT2D eigenvalue weighted by Crippen LogP contribution is 2.22. The molecule has 3 rings (SSSR count). The van der Waals surface area contributed by atoms with Gasteiger partial charge in [0, 0.05) is 30.0 Å². The highest BCUT2D eigenvalue weighted by Gasteiger charge is 2.24. The van der Waals surface area contributed by atoms with Crippen LogP contribution in [0.4, 0.5) is 5.82 Å². The maximum atomic E-state index is 12.5. The summed E-state index contributed by atoms with van der Waals surface area (Å²) in [6.07, 6.45) is 5.80. The fourth-order valence-corrected chi connectivity index (χ4v) is 3.42. The lowest BCUT2D eigenvalue weighted by Crippen LogP contribution is -2.40. The van der Waals surface area contributed by atoms with Crippen molar-refractivity contribution in [2.24, 2.45) is 0 Å². The molecule has 0 spiro atoms. The fraction of sp³-hybridized carbons (Fsp3) is 0.526. The molecular weight excluding hydrogens is 314 g/mol. The van der Waals surface area contributed by atoms with E-state index in [1.54, 1.807) is 6.20 Å². The van der Waals surface area contributed by atoms with Gasteiger partial charge in [-0.3, -0.25) is 9.48 Å². The van der Waals surface area contributed by atoms with Crippen molar-refractivity contribution in [1.82, 2.24) is 20.1 Å². The number of pyridine rings is 1. The van der Waals surface area contributed by atoms with Crippen molar-refractivity contribution in [2.75, 3.05) is 5.32 Å². The van der Waals surface area contributed by atoms with Crippen LogP contribution in [-0.4, -0.2) is 32.8 Å². The number of aromatic nitrogens is 3. The molecule has 0 saturated heterocycles. The van der Waals surface area contributed by atoms with Gasteiger partial charge in [-0.05, 0) is 64.7 Å². The molecule has 1 saturated carbocycles. The van der Waals surface area contributed by atoms with Crippen molar-refractivity contribution in [3.05, 3.63) is 41.9 Å². The van der Waals surface area contributed by atoms with Gasteiger partial charge in [-0.25, -0.2) is 4.98 Å². The van der Waals surface area contributed by atoms with E-state index in [0.717, 1.165) is 37.2 Å². The molecule has 1 aliphatic carbocycles. The number of carbonyl (C=O) groups excluding carboxylic acids is 1. The number of hydrogen-bond donors (Lipinski definition) is 2. The van der Waals surface area contributed by atoms with Crippen LogP contribution in [0.2, 0.25) is 0 Å². The third-order valence-electron chi connectivity index (χ3n) is 4.72. The van der Waals surface area contributed by atoms with Gasteiger partial charge in [0.15, 0.2) is 0 Å². The second-order valence-corrected chi connectivity index (χ2v) is 7.09. The third-order valence-corrected chi connectivity index (χ3v) is 4.72. The fourth-order valence-electron chi connectivity index (χ4n) is 3.42. The maximum Gasteiger partial charge on any atom is 0.272 e. The van der Waals surface area contributed by atoms with Crippen LogP contribution in [0.15, 0.2) is 30.5 Å². The van der Waals surface area contributed by atoms with Gasteiger partial charge in [-0.1, -0.05) is 6.07 Å². The summed E-state index contributed by atoms with van der Waals surface area (Å²) in [4.78, 5) is 16.8. The smallest absolute Gasteiger partial charge is 0.272 e. The van der Waals surface area contributed by atoms with Crippen molar-refractivity contribution in [1.29, 1.82) is 0 Å². The van der Waals surface area contributed by atoms with Crippen LogP contribution in [0, 0.1) is 6.92 Å². The molecule has 0 unspecified atom stereocenters. The molecule has 1 aliphatic rings. The number of aryl methyl sites for hydroxylation is 1. The van der Waals surface area contributed by atoms with E-state index in [4.69, 9.17) is 0 Å². The molecule has 2 aromatic heterocycles. The molecule has 0 aromatic carbocycles. The van der Waals surface area contributed by atoms with Gasteiger partial charge in [0.1, 0.15) is 11.5 Å². The molecule has 0 aliphatic heterocycles. The van der Waals surface area contributed by atoms with Crippen molar-refractivity contribution < 1.29 is 4.79 Å². The molecule has 0 bridgehead atoms. The lowest BCUT2D eigenvalue weighted by atomic mass is 9.91. The van der Waals surface area contributed by atoms with Gasteiger partial charge in [-0.15, -0.1) is 0 Å². The quantitative estimate of drug-likeness (QED) is 0.875. The van der Waals surface area contributed by atoms with E-state index in [0.29, 0.717) is 11.7 Å². The van der Waals surface area contributed by atoms with Crippen molar-refractivity contribution >= 4 is 11.7 Å². The summed E-state index contributed by atoms with van der Waals surface area (Å²) in [7, 11) is 0. The van der Waals surface area contributed by atoms with Crippen molar-refractivity contribution in [2.45, 2.75) is 64.6 Å². The molecule has 0 atom stereocenters. The molecule has 1 fully saturated rings. The summed E-state index contributed by atoms with van der Waals surface area (Å²) in [5, 5.41) is 11.0. The van der Waals surface area contributed by atoms with Crippen molar-refractivity contribution in [3.8, 4) is 0 Å². The van der Waals surface area contributed by atoms with Crippen LogP contribution in [0.1, 0.15) is 61.8 Å². The highest BCUT2D eigenvalue weighted by molar-refractivity contribution is 5.92. The average molecular weight is 341 g/mol. The summed E-state index contributed by atoms with van der Waals surface area (Å²) in [5.74, 6) is 0.855. The van der Waals surface area contributed by atoms with Crippen LogP contribution in [-0.2, 0) is 0 Å². The lowest BCUT2D eigenvalue weighted by molar-refractivity contribution is 0.0920. The van der Waals surface area contributed by atoms with E-state index in [9.17, 15) is 4.79 Å². The van der Waals surface area contributed by atoms with E-state index >= 15 is 0 Å². The van der Waals surface area contributed by atoms with Crippen LogP contribution in [0.3, 0.4) is 0 Å². The standard InChI is InChI=1S/C19H27N5O/c1-13(2)24-14(3)12-17(23-24)19(25)22-16-9-7-15(8-10-16)21-18-6-4-5-11-20-18/h4-6,11-13,15-16H,7-10H2,1-3H3,(H,20,21)(H,22,25). The van der Waals surface area contributed by atoms with Crippen LogP contribution < -0.4 is 10.6 Å². The summed E-state index contributed by atoms with van der Waals surface area (Å²) in [5.41, 5.74) is 1.53. The summed E-state index contributed by atoms with van der Waals surface area (Å²) >= 11 is 0. The molecule has 1 amide bonds. The maximum absolute atomic E-state index is 12.5. The Morgan fingerprint density at radius 3 is 2.52 bits per heavy atom. The minimum Gasteiger partial charge on any atom is -0.367 e. The first kappa shape index (κ1) is 17.5.